The second-order valence-electron chi connectivity index (χ2n) is 7.37. The van der Waals surface area contributed by atoms with Crippen molar-refractivity contribution in [3.05, 3.63) is 41.0 Å². The van der Waals surface area contributed by atoms with Crippen molar-refractivity contribution in [1.82, 2.24) is 0 Å². The minimum Gasteiger partial charge on any atom is -0.496 e. The molecular formula is C24H34O3. The lowest BCUT2D eigenvalue weighted by Crippen LogP contribution is -2.03. The summed E-state index contributed by atoms with van der Waals surface area (Å²) in [7, 11) is 5.19. The van der Waals surface area contributed by atoms with Crippen LogP contribution in [0.15, 0.2) is 24.3 Å². The molecule has 3 nitrogen and oxygen atoms in total. The van der Waals surface area contributed by atoms with Crippen LogP contribution in [0.3, 0.4) is 0 Å². The fourth-order valence-corrected chi connectivity index (χ4v) is 3.64. The average molecular weight is 371 g/mol. The standard InChI is InChI=1S/C24H34O3/c1-8-9-10-11-18-14-20(25-5)23(21(15-18)26-6)22-19(16(2)3)13-12-17(4)24(22)27-7/h12-16H,8-11H2,1-7H3. The third-order valence-corrected chi connectivity index (χ3v) is 5.10. The lowest BCUT2D eigenvalue weighted by atomic mass is 9.88. The molecule has 0 saturated heterocycles. The van der Waals surface area contributed by atoms with E-state index in [1.165, 1.54) is 30.4 Å². The molecule has 0 spiro atoms. The Morgan fingerprint density at radius 2 is 1.48 bits per heavy atom. The van der Waals surface area contributed by atoms with Crippen LogP contribution in [0.5, 0.6) is 17.2 Å². The Bertz CT molecular complexity index is 737. The van der Waals surface area contributed by atoms with Crippen molar-refractivity contribution < 1.29 is 14.2 Å². The van der Waals surface area contributed by atoms with Crippen molar-refractivity contribution >= 4 is 0 Å². The highest BCUT2D eigenvalue weighted by atomic mass is 16.5. The minimum atomic E-state index is 0.355. The molecule has 0 unspecified atom stereocenters. The molecule has 0 radical (unpaired) electrons. The summed E-state index contributed by atoms with van der Waals surface area (Å²) in [5, 5.41) is 0. The number of ether oxygens (including phenoxy) is 3. The molecule has 0 bridgehead atoms. The summed E-state index contributed by atoms with van der Waals surface area (Å²) < 4.78 is 17.5. The molecule has 0 atom stereocenters. The van der Waals surface area contributed by atoms with Gasteiger partial charge in [-0.2, -0.15) is 0 Å². The quantitative estimate of drug-likeness (QED) is 0.469. The number of unbranched alkanes of at least 4 members (excludes halogenated alkanes) is 2. The smallest absolute Gasteiger partial charge is 0.130 e. The number of methoxy groups -OCH3 is 3. The average Bonchev–Trinajstić information content (AvgIpc) is 2.66. The summed E-state index contributed by atoms with van der Waals surface area (Å²) in [6, 6.07) is 8.61. The van der Waals surface area contributed by atoms with Crippen molar-refractivity contribution in [3.63, 3.8) is 0 Å². The fraction of sp³-hybridized carbons (Fsp3) is 0.500. The van der Waals surface area contributed by atoms with Gasteiger partial charge in [0.15, 0.2) is 0 Å². The molecule has 0 heterocycles. The van der Waals surface area contributed by atoms with E-state index in [0.717, 1.165) is 40.4 Å². The SMILES string of the molecule is CCCCCc1cc(OC)c(-c2c(C(C)C)ccc(C)c2OC)c(OC)c1. The number of rotatable bonds is 9. The summed E-state index contributed by atoms with van der Waals surface area (Å²) in [5.74, 6) is 2.92. The maximum absolute atomic E-state index is 5.83. The van der Waals surface area contributed by atoms with E-state index in [2.05, 4.69) is 52.0 Å². The van der Waals surface area contributed by atoms with Crippen molar-refractivity contribution in [2.75, 3.05) is 21.3 Å². The van der Waals surface area contributed by atoms with Gasteiger partial charge in [-0.05, 0) is 54.5 Å². The summed E-state index contributed by atoms with van der Waals surface area (Å²) in [6.07, 6.45) is 4.65. The van der Waals surface area contributed by atoms with Gasteiger partial charge in [0.1, 0.15) is 17.2 Å². The van der Waals surface area contributed by atoms with Crippen LogP contribution < -0.4 is 14.2 Å². The Balaban J connectivity index is 2.72. The number of benzene rings is 2. The first kappa shape index (κ1) is 21.1. The molecule has 27 heavy (non-hydrogen) atoms. The van der Waals surface area contributed by atoms with Gasteiger partial charge in [-0.15, -0.1) is 0 Å². The van der Waals surface area contributed by atoms with E-state index in [0.29, 0.717) is 5.92 Å². The van der Waals surface area contributed by atoms with Crippen molar-refractivity contribution in [2.45, 2.75) is 59.3 Å². The minimum absolute atomic E-state index is 0.355. The largest absolute Gasteiger partial charge is 0.496 e. The summed E-state index contributed by atoms with van der Waals surface area (Å²) in [4.78, 5) is 0. The maximum Gasteiger partial charge on any atom is 0.130 e. The molecule has 0 amide bonds. The fourth-order valence-electron chi connectivity index (χ4n) is 3.64. The molecule has 0 aliphatic carbocycles. The normalized spacial score (nSPS) is 11.0. The number of aryl methyl sites for hydroxylation is 2. The van der Waals surface area contributed by atoms with E-state index in [-0.39, 0.29) is 0 Å². The molecule has 0 aromatic heterocycles. The first-order chi connectivity index (χ1) is 13.0. The summed E-state index contributed by atoms with van der Waals surface area (Å²) in [6.45, 7) is 8.70. The highest BCUT2D eigenvalue weighted by Gasteiger charge is 2.23. The van der Waals surface area contributed by atoms with Gasteiger partial charge in [0, 0.05) is 5.56 Å². The highest BCUT2D eigenvalue weighted by Crippen LogP contribution is 2.48. The third-order valence-electron chi connectivity index (χ3n) is 5.10. The molecule has 148 valence electrons. The first-order valence-corrected chi connectivity index (χ1v) is 9.91. The van der Waals surface area contributed by atoms with Gasteiger partial charge < -0.3 is 14.2 Å². The van der Waals surface area contributed by atoms with Crippen molar-refractivity contribution in [2.24, 2.45) is 0 Å². The van der Waals surface area contributed by atoms with Gasteiger partial charge >= 0.3 is 0 Å². The zero-order chi connectivity index (χ0) is 20.0. The van der Waals surface area contributed by atoms with Crippen LogP contribution in [-0.4, -0.2) is 21.3 Å². The van der Waals surface area contributed by atoms with E-state index in [4.69, 9.17) is 14.2 Å². The zero-order valence-corrected chi connectivity index (χ0v) is 17.9. The van der Waals surface area contributed by atoms with Crippen LogP contribution in [0.1, 0.15) is 62.6 Å². The van der Waals surface area contributed by atoms with Crippen LogP contribution in [0.4, 0.5) is 0 Å². The Kier molecular flexibility index (Phi) is 7.58. The molecule has 0 aliphatic rings. The summed E-state index contributed by atoms with van der Waals surface area (Å²) in [5.41, 5.74) is 5.63. The van der Waals surface area contributed by atoms with Crippen LogP contribution in [0, 0.1) is 6.92 Å². The Labute approximate surface area is 164 Å². The van der Waals surface area contributed by atoms with Crippen molar-refractivity contribution in [1.29, 1.82) is 0 Å². The van der Waals surface area contributed by atoms with E-state index in [1.807, 2.05) is 0 Å². The third kappa shape index (κ3) is 4.58. The monoisotopic (exact) mass is 370 g/mol. The van der Waals surface area contributed by atoms with E-state index in [9.17, 15) is 0 Å². The lowest BCUT2D eigenvalue weighted by molar-refractivity contribution is 0.392. The van der Waals surface area contributed by atoms with Crippen LogP contribution in [-0.2, 0) is 6.42 Å². The topological polar surface area (TPSA) is 27.7 Å². The van der Waals surface area contributed by atoms with Gasteiger partial charge in [-0.1, -0.05) is 45.7 Å². The molecule has 0 saturated carbocycles. The zero-order valence-electron chi connectivity index (χ0n) is 17.9. The predicted octanol–water partition coefficient (Wildman–Crippen LogP) is 6.54. The van der Waals surface area contributed by atoms with Gasteiger partial charge in [-0.25, -0.2) is 0 Å². The molecule has 2 rings (SSSR count). The van der Waals surface area contributed by atoms with Crippen LogP contribution in [0.2, 0.25) is 0 Å². The van der Waals surface area contributed by atoms with Gasteiger partial charge in [0.05, 0.1) is 26.9 Å². The van der Waals surface area contributed by atoms with Crippen LogP contribution >= 0.6 is 0 Å². The molecule has 0 fully saturated rings. The van der Waals surface area contributed by atoms with Crippen LogP contribution in [0.25, 0.3) is 11.1 Å². The highest BCUT2D eigenvalue weighted by molar-refractivity contribution is 5.85. The Hall–Kier alpha value is -2.16. The molecule has 0 N–H and O–H groups in total. The second-order valence-corrected chi connectivity index (χ2v) is 7.37. The second kappa shape index (κ2) is 9.68. The number of hydrogen-bond donors (Lipinski definition) is 0. The van der Waals surface area contributed by atoms with Gasteiger partial charge in [0.25, 0.3) is 0 Å². The molecular weight excluding hydrogens is 336 g/mol. The van der Waals surface area contributed by atoms with Gasteiger partial charge in [-0.3, -0.25) is 0 Å². The van der Waals surface area contributed by atoms with E-state index >= 15 is 0 Å². The number of hydrogen-bond acceptors (Lipinski definition) is 3. The predicted molar refractivity (Wildman–Crippen MR) is 114 cm³/mol. The van der Waals surface area contributed by atoms with E-state index in [1.54, 1.807) is 21.3 Å². The van der Waals surface area contributed by atoms with Crippen molar-refractivity contribution in [3.8, 4) is 28.4 Å². The molecule has 3 heteroatoms. The molecule has 2 aromatic carbocycles. The Morgan fingerprint density at radius 1 is 0.852 bits per heavy atom. The molecule has 0 aliphatic heterocycles. The van der Waals surface area contributed by atoms with Gasteiger partial charge in [0.2, 0.25) is 0 Å². The Morgan fingerprint density at radius 3 is 1.96 bits per heavy atom. The van der Waals surface area contributed by atoms with E-state index < -0.39 is 0 Å². The summed E-state index contributed by atoms with van der Waals surface area (Å²) >= 11 is 0. The maximum atomic E-state index is 5.83. The molecule has 2 aromatic rings. The first-order valence-electron chi connectivity index (χ1n) is 9.91. The lowest BCUT2D eigenvalue weighted by Gasteiger charge is -2.23.